The molecule has 2 heterocycles. The number of rotatable bonds is 7. The fourth-order valence-electron chi connectivity index (χ4n) is 4.90. The maximum Gasteiger partial charge on any atom is 0.262 e. The molecule has 2 aromatic carbocycles. The number of anilines is 1. The molecule has 0 atom stereocenters. The molecule has 2 aliphatic heterocycles. The number of fused-ring (bicyclic) bond motifs is 1. The van der Waals surface area contributed by atoms with Crippen LogP contribution in [0, 0.1) is 0 Å². The van der Waals surface area contributed by atoms with Gasteiger partial charge in [0.15, 0.2) is 0 Å². The normalized spacial score (nSPS) is 16.3. The van der Waals surface area contributed by atoms with Crippen molar-refractivity contribution in [2.75, 3.05) is 31.1 Å². The van der Waals surface area contributed by atoms with Crippen molar-refractivity contribution in [2.24, 2.45) is 0 Å². The van der Waals surface area contributed by atoms with Gasteiger partial charge >= 0.3 is 0 Å². The number of likely N-dealkylation sites (tertiary alicyclic amines) is 1. The molecule has 6 nitrogen and oxygen atoms in total. The smallest absolute Gasteiger partial charge is 0.262 e. The Labute approximate surface area is 232 Å². The number of aryl methyl sites for hydroxylation is 1. The highest BCUT2D eigenvalue weighted by molar-refractivity contribution is 6.33. The Morgan fingerprint density at radius 1 is 1.11 bits per heavy atom. The first-order valence-electron chi connectivity index (χ1n) is 12.7. The second-order valence-electron chi connectivity index (χ2n) is 9.38. The summed E-state index contributed by atoms with van der Waals surface area (Å²) in [5.74, 6) is -1.25. The zero-order chi connectivity index (χ0) is 27.4. The molecule has 0 radical (unpaired) electrons. The molecule has 200 valence electrons. The number of allylic oxidation sites excluding steroid dienone is 2. The lowest BCUT2D eigenvalue weighted by Crippen LogP contribution is -2.36. The third-order valence-electron chi connectivity index (χ3n) is 6.87. The van der Waals surface area contributed by atoms with Crippen LogP contribution in [0.25, 0.3) is 11.1 Å². The van der Waals surface area contributed by atoms with Gasteiger partial charge < -0.3 is 15.1 Å². The van der Waals surface area contributed by atoms with Crippen LogP contribution in [0.15, 0.2) is 58.9 Å². The topological polar surface area (TPSA) is 69.7 Å². The number of benzene rings is 2. The zero-order valence-corrected chi connectivity index (χ0v) is 23.0. The van der Waals surface area contributed by atoms with Gasteiger partial charge in [-0.1, -0.05) is 35.3 Å². The SMILES string of the molecule is CC=C(F)C(C(=O)N1CCCc2cc(-c3cc(C(=O)NCCN4CCCC4=O)ccc3Cl)ccc21)=C(C)Cl. The van der Waals surface area contributed by atoms with Crippen LogP contribution in [0.2, 0.25) is 5.02 Å². The zero-order valence-electron chi connectivity index (χ0n) is 21.5. The Bertz CT molecular complexity index is 1330. The molecule has 0 unspecified atom stereocenters. The first kappa shape index (κ1) is 27.9. The second kappa shape index (κ2) is 12.1. The van der Waals surface area contributed by atoms with Crippen molar-refractivity contribution >= 4 is 46.6 Å². The number of halogens is 3. The minimum absolute atomic E-state index is 0.100. The standard InChI is InChI=1S/C29H30Cl2FN3O3/c1-3-24(32)27(18(2)30)29(38)35-14-4-6-20-16-19(9-11-25(20)35)22-17-21(8-10-23(22)31)28(37)33-12-15-34-13-5-7-26(34)36/h3,8-11,16-17H,4-7,12-15H2,1-2H3,(H,33,37). The van der Waals surface area contributed by atoms with Crippen LogP contribution in [-0.4, -0.2) is 48.8 Å². The van der Waals surface area contributed by atoms with E-state index in [-0.39, 0.29) is 22.4 Å². The monoisotopic (exact) mass is 557 g/mol. The number of hydrogen-bond acceptors (Lipinski definition) is 3. The highest BCUT2D eigenvalue weighted by Crippen LogP contribution is 2.36. The van der Waals surface area contributed by atoms with E-state index in [1.807, 2.05) is 18.2 Å². The summed E-state index contributed by atoms with van der Waals surface area (Å²) < 4.78 is 14.4. The van der Waals surface area contributed by atoms with E-state index in [2.05, 4.69) is 5.32 Å². The summed E-state index contributed by atoms with van der Waals surface area (Å²) in [5, 5.41) is 3.47. The number of nitrogens with one attached hydrogen (secondary N) is 1. The fourth-order valence-corrected chi connectivity index (χ4v) is 5.30. The molecule has 0 aromatic heterocycles. The van der Waals surface area contributed by atoms with Gasteiger partial charge in [0.2, 0.25) is 5.91 Å². The van der Waals surface area contributed by atoms with E-state index in [9.17, 15) is 18.8 Å². The Morgan fingerprint density at radius 2 is 1.87 bits per heavy atom. The molecular formula is C29H30Cl2FN3O3. The van der Waals surface area contributed by atoms with Crippen molar-refractivity contribution in [3.8, 4) is 11.1 Å². The minimum Gasteiger partial charge on any atom is -0.350 e. The fraction of sp³-hybridized carbons (Fsp3) is 0.345. The first-order chi connectivity index (χ1) is 18.2. The quantitative estimate of drug-likeness (QED) is 0.334. The van der Waals surface area contributed by atoms with Gasteiger partial charge in [0, 0.05) is 59.5 Å². The largest absolute Gasteiger partial charge is 0.350 e. The molecule has 1 saturated heterocycles. The van der Waals surface area contributed by atoms with Gasteiger partial charge in [-0.3, -0.25) is 14.4 Å². The predicted molar refractivity (Wildman–Crippen MR) is 149 cm³/mol. The molecule has 0 aliphatic carbocycles. The van der Waals surface area contributed by atoms with Gasteiger partial charge in [-0.2, -0.15) is 0 Å². The summed E-state index contributed by atoms with van der Waals surface area (Å²) in [4.78, 5) is 41.1. The van der Waals surface area contributed by atoms with Gasteiger partial charge in [0.1, 0.15) is 5.83 Å². The van der Waals surface area contributed by atoms with Crippen molar-refractivity contribution in [2.45, 2.75) is 39.5 Å². The van der Waals surface area contributed by atoms with E-state index in [1.165, 1.54) is 19.9 Å². The van der Waals surface area contributed by atoms with Gasteiger partial charge in [-0.05, 0) is 74.6 Å². The lowest BCUT2D eigenvalue weighted by atomic mass is 9.94. The number of nitrogens with zero attached hydrogens (tertiary/aromatic N) is 2. The third-order valence-corrected chi connectivity index (χ3v) is 7.39. The van der Waals surface area contributed by atoms with E-state index in [0.717, 1.165) is 30.5 Å². The third kappa shape index (κ3) is 5.94. The van der Waals surface area contributed by atoms with Crippen molar-refractivity contribution in [1.29, 1.82) is 0 Å². The van der Waals surface area contributed by atoms with Crippen LogP contribution in [0.1, 0.15) is 49.0 Å². The van der Waals surface area contributed by atoms with E-state index in [4.69, 9.17) is 23.2 Å². The molecule has 4 rings (SSSR count). The lowest BCUT2D eigenvalue weighted by molar-refractivity contribution is -0.127. The molecule has 1 fully saturated rings. The van der Waals surface area contributed by atoms with Gasteiger partial charge in [-0.25, -0.2) is 4.39 Å². The highest BCUT2D eigenvalue weighted by atomic mass is 35.5. The van der Waals surface area contributed by atoms with Crippen molar-refractivity contribution < 1.29 is 18.8 Å². The number of amides is 3. The summed E-state index contributed by atoms with van der Waals surface area (Å²) in [7, 11) is 0. The van der Waals surface area contributed by atoms with Crippen LogP contribution in [-0.2, 0) is 16.0 Å². The number of hydrogen-bond donors (Lipinski definition) is 1. The molecule has 9 heteroatoms. The van der Waals surface area contributed by atoms with E-state index >= 15 is 0 Å². The Morgan fingerprint density at radius 3 is 2.55 bits per heavy atom. The lowest BCUT2D eigenvalue weighted by Gasteiger charge is -2.30. The van der Waals surface area contributed by atoms with Crippen LogP contribution >= 0.6 is 23.2 Å². The molecule has 0 spiro atoms. The summed E-state index contributed by atoms with van der Waals surface area (Å²) >= 11 is 12.6. The first-order valence-corrected chi connectivity index (χ1v) is 13.5. The van der Waals surface area contributed by atoms with Crippen molar-refractivity contribution in [1.82, 2.24) is 10.2 Å². The van der Waals surface area contributed by atoms with Gasteiger partial charge in [-0.15, -0.1) is 0 Å². The highest BCUT2D eigenvalue weighted by Gasteiger charge is 2.28. The summed E-state index contributed by atoms with van der Waals surface area (Å²) in [6, 6.07) is 10.7. The minimum atomic E-state index is -0.653. The van der Waals surface area contributed by atoms with Crippen LogP contribution in [0.3, 0.4) is 0 Å². The maximum atomic E-state index is 14.4. The Kier molecular flexibility index (Phi) is 8.90. The molecule has 2 aromatic rings. The Hall–Kier alpha value is -3.16. The molecule has 3 amide bonds. The second-order valence-corrected chi connectivity index (χ2v) is 10.4. The van der Waals surface area contributed by atoms with Crippen LogP contribution in [0.5, 0.6) is 0 Å². The Balaban J connectivity index is 1.55. The van der Waals surface area contributed by atoms with Crippen molar-refractivity contribution in [3.05, 3.63) is 75.1 Å². The van der Waals surface area contributed by atoms with E-state index < -0.39 is 11.7 Å². The van der Waals surface area contributed by atoms with E-state index in [1.54, 1.807) is 28.0 Å². The molecular weight excluding hydrogens is 528 g/mol. The summed E-state index contributed by atoms with van der Waals surface area (Å²) in [5.41, 5.74) is 3.45. The molecule has 1 N–H and O–H groups in total. The summed E-state index contributed by atoms with van der Waals surface area (Å²) in [6.45, 7) is 5.07. The van der Waals surface area contributed by atoms with Crippen LogP contribution < -0.4 is 10.2 Å². The predicted octanol–water partition coefficient (Wildman–Crippen LogP) is 6.02. The number of carbonyl (C=O) groups excluding carboxylic acids is 3. The molecule has 0 bridgehead atoms. The average molecular weight is 558 g/mol. The van der Waals surface area contributed by atoms with E-state index in [0.29, 0.717) is 54.3 Å². The van der Waals surface area contributed by atoms with Gasteiger partial charge in [0.25, 0.3) is 11.8 Å². The number of carbonyl (C=O) groups is 3. The maximum absolute atomic E-state index is 14.4. The summed E-state index contributed by atoms with van der Waals surface area (Å²) in [6.07, 6.45) is 4.11. The molecule has 0 saturated carbocycles. The average Bonchev–Trinajstić information content (AvgIpc) is 3.32. The van der Waals surface area contributed by atoms with Crippen LogP contribution in [0.4, 0.5) is 10.1 Å². The van der Waals surface area contributed by atoms with Gasteiger partial charge in [0.05, 0.1) is 5.57 Å². The molecule has 38 heavy (non-hydrogen) atoms. The van der Waals surface area contributed by atoms with Crippen molar-refractivity contribution in [3.63, 3.8) is 0 Å². The molecule has 2 aliphatic rings.